The van der Waals surface area contributed by atoms with Gasteiger partial charge in [-0.05, 0) is 24.3 Å². The van der Waals surface area contributed by atoms with Crippen LogP contribution in [0.5, 0.6) is 17.4 Å². The third-order valence-electron chi connectivity index (χ3n) is 4.40. The Kier molecular flexibility index (Phi) is 6.79. The van der Waals surface area contributed by atoms with Crippen molar-refractivity contribution in [2.24, 2.45) is 0 Å². The lowest BCUT2D eigenvalue weighted by Crippen LogP contribution is -2.23. The largest absolute Gasteiger partial charge is 0.480 e. The fourth-order valence-electron chi connectivity index (χ4n) is 2.90. The van der Waals surface area contributed by atoms with Crippen molar-refractivity contribution in [2.75, 3.05) is 7.11 Å². The fourth-order valence-corrected chi connectivity index (χ4v) is 3.13. The molecular formula is C21H16ClF4N5O3. The van der Waals surface area contributed by atoms with Crippen molar-refractivity contribution in [3.05, 3.63) is 68.0 Å². The summed E-state index contributed by atoms with van der Waals surface area (Å²) in [7, 11) is 1.22. The van der Waals surface area contributed by atoms with Gasteiger partial charge in [-0.25, -0.2) is 4.98 Å². The summed E-state index contributed by atoms with van der Waals surface area (Å²) in [6, 6.07) is 6.56. The number of rotatable bonds is 7. The molecule has 0 spiro atoms. The van der Waals surface area contributed by atoms with E-state index in [0.717, 1.165) is 6.07 Å². The second-order valence-electron chi connectivity index (χ2n) is 7.30. The predicted octanol–water partition coefficient (Wildman–Crippen LogP) is 4.70. The second-order valence-corrected chi connectivity index (χ2v) is 7.73. The first-order chi connectivity index (χ1) is 15.8. The molecular weight excluding hydrogens is 482 g/mol. The van der Waals surface area contributed by atoms with Crippen LogP contribution in [0.4, 0.5) is 17.6 Å². The van der Waals surface area contributed by atoms with Crippen LogP contribution >= 0.6 is 11.6 Å². The molecule has 0 atom stereocenters. The number of alkyl halides is 4. The second kappa shape index (κ2) is 9.26. The number of aromatic nitrogens is 4. The molecule has 3 rings (SSSR count). The van der Waals surface area contributed by atoms with E-state index in [1.165, 1.54) is 25.3 Å². The first kappa shape index (κ1) is 24.9. The van der Waals surface area contributed by atoms with Crippen LogP contribution in [0.15, 0.2) is 29.1 Å². The highest BCUT2D eigenvalue weighted by Gasteiger charge is 2.34. The third-order valence-corrected chi connectivity index (χ3v) is 4.62. The van der Waals surface area contributed by atoms with Crippen LogP contribution in [-0.4, -0.2) is 27.3 Å². The van der Waals surface area contributed by atoms with Gasteiger partial charge in [-0.15, -0.1) is 10.2 Å². The Morgan fingerprint density at radius 2 is 1.82 bits per heavy atom. The summed E-state index contributed by atoms with van der Waals surface area (Å²) in [5.74, 6) is -8.34. The number of H-pyrrole nitrogens is 1. The Bertz CT molecular complexity index is 1330. The monoisotopic (exact) mass is 497 g/mol. The number of benzene rings is 1. The number of hydrogen-bond acceptors (Lipinski definition) is 7. The molecule has 0 aliphatic carbocycles. The van der Waals surface area contributed by atoms with Crippen molar-refractivity contribution < 1.29 is 27.0 Å². The molecule has 178 valence electrons. The van der Waals surface area contributed by atoms with Crippen LogP contribution in [0.1, 0.15) is 42.2 Å². The van der Waals surface area contributed by atoms with Crippen molar-refractivity contribution in [3.63, 3.8) is 0 Å². The van der Waals surface area contributed by atoms with Gasteiger partial charge in [0.05, 0.1) is 18.7 Å². The van der Waals surface area contributed by atoms with Crippen LogP contribution in [0.2, 0.25) is 5.02 Å². The summed E-state index contributed by atoms with van der Waals surface area (Å²) in [5, 5.41) is 16.1. The van der Waals surface area contributed by atoms with E-state index in [1.54, 1.807) is 0 Å². The molecule has 0 fully saturated rings. The van der Waals surface area contributed by atoms with Crippen molar-refractivity contribution in [1.29, 1.82) is 5.26 Å². The lowest BCUT2D eigenvalue weighted by atomic mass is 10.1. The Balaban J connectivity index is 2.08. The van der Waals surface area contributed by atoms with E-state index in [1.807, 2.05) is 6.07 Å². The van der Waals surface area contributed by atoms with Gasteiger partial charge in [0.1, 0.15) is 17.3 Å². The van der Waals surface area contributed by atoms with E-state index in [0.29, 0.717) is 13.8 Å². The number of nitrogens with one attached hydrogen (secondary N) is 1. The minimum Gasteiger partial charge on any atom is -0.480 e. The van der Waals surface area contributed by atoms with E-state index in [2.05, 4.69) is 20.2 Å². The molecule has 0 radical (unpaired) electrons. The van der Waals surface area contributed by atoms with E-state index in [-0.39, 0.29) is 40.0 Å². The van der Waals surface area contributed by atoms with E-state index < -0.39 is 34.5 Å². The average molecular weight is 498 g/mol. The topological polar surface area (TPSA) is 114 Å². The lowest BCUT2D eigenvalue weighted by Gasteiger charge is -2.17. The summed E-state index contributed by atoms with van der Waals surface area (Å²) < 4.78 is 66.5. The number of hydrogen-bond donors (Lipinski definition) is 1. The van der Waals surface area contributed by atoms with E-state index in [9.17, 15) is 22.4 Å². The van der Waals surface area contributed by atoms with E-state index in [4.69, 9.17) is 26.3 Å². The van der Waals surface area contributed by atoms with Crippen molar-refractivity contribution in [1.82, 2.24) is 20.2 Å². The standard InChI is InChI=1S/C21H16ClF4N5O3/c1-20(23,24)14-6-11(19(33-3)31-30-14)7-15-28-17(21(2,25)26)16(18(32)29-15)34-13-5-10(9-27)4-12(22)8-13/h4-6,8H,7H2,1-3H3,(H,28,29,32). The van der Waals surface area contributed by atoms with Crippen LogP contribution in [-0.2, 0) is 18.3 Å². The van der Waals surface area contributed by atoms with Crippen molar-refractivity contribution >= 4 is 11.6 Å². The number of halogens is 5. The number of nitriles is 1. The van der Waals surface area contributed by atoms with Gasteiger partial charge in [-0.3, -0.25) is 4.79 Å². The maximum atomic E-state index is 14.4. The maximum Gasteiger partial charge on any atom is 0.294 e. The number of aromatic amines is 1. The van der Waals surface area contributed by atoms with Gasteiger partial charge in [0.2, 0.25) is 11.6 Å². The van der Waals surface area contributed by atoms with Crippen molar-refractivity contribution in [3.8, 4) is 23.4 Å². The van der Waals surface area contributed by atoms with Crippen LogP contribution in [0, 0.1) is 11.3 Å². The average Bonchev–Trinajstić information content (AvgIpc) is 2.73. The SMILES string of the molecule is COc1nnc(C(C)(F)F)cc1Cc1nc(C(C)(F)F)c(Oc2cc(Cl)cc(C#N)c2)c(=O)[nH]1. The zero-order chi connectivity index (χ0) is 25.3. The Morgan fingerprint density at radius 1 is 1.12 bits per heavy atom. The molecule has 0 saturated heterocycles. The van der Waals surface area contributed by atoms with E-state index >= 15 is 0 Å². The van der Waals surface area contributed by atoms with Gasteiger partial charge in [-0.1, -0.05) is 11.6 Å². The molecule has 1 N–H and O–H groups in total. The molecule has 0 amide bonds. The molecule has 13 heteroatoms. The molecule has 0 saturated carbocycles. The van der Waals surface area contributed by atoms with Gasteiger partial charge in [-0.2, -0.15) is 22.8 Å². The molecule has 0 aliphatic heterocycles. The van der Waals surface area contributed by atoms with Gasteiger partial charge in [0, 0.05) is 30.9 Å². The summed E-state index contributed by atoms with van der Waals surface area (Å²) in [6.07, 6.45) is -0.379. The lowest BCUT2D eigenvalue weighted by molar-refractivity contribution is 0.00993. The summed E-state index contributed by atoms with van der Waals surface area (Å²) in [4.78, 5) is 18.8. The normalized spacial score (nSPS) is 11.7. The maximum absolute atomic E-state index is 14.4. The third kappa shape index (κ3) is 5.60. The van der Waals surface area contributed by atoms with Crippen LogP contribution in [0.3, 0.4) is 0 Å². The van der Waals surface area contributed by atoms with Crippen LogP contribution in [0.25, 0.3) is 0 Å². The zero-order valence-electron chi connectivity index (χ0n) is 17.9. The first-order valence-corrected chi connectivity index (χ1v) is 9.88. The van der Waals surface area contributed by atoms with Gasteiger partial charge in [0.25, 0.3) is 17.4 Å². The highest BCUT2D eigenvalue weighted by molar-refractivity contribution is 6.30. The molecule has 34 heavy (non-hydrogen) atoms. The first-order valence-electron chi connectivity index (χ1n) is 9.50. The Morgan fingerprint density at radius 3 is 2.41 bits per heavy atom. The molecule has 8 nitrogen and oxygen atoms in total. The molecule has 0 aliphatic rings. The summed E-state index contributed by atoms with van der Waals surface area (Å²) in [5.41, 5.74) is -2.64. The molecule has 2 aromatic heterocycles. The van der Waals surface area contributed by atoms with Crippen molar-refractivity contribution in [2.45, 2.75) is 32.1 Å². The quantitative estimate of drug-likeness (QED) is 0.470. The minimum atomic E-state index is -3.63. The zero-order valence-corrected chi connectivity index (χ0v) is 18.7. The molecule has 3 aromatic rings. The molecule has 0 unspecified atom stereocenters. The fraction of sp³-hybridized carbons (Fsp3) is 0.286. The highest BCUT2D eigenvalue weighted by atomic mass is 35.5. The van der Waals surface area contributed by atoms with Gasteiger partial charge >= 0.3 is 0 Å². The smallest absolute Gasteiger partial charge is 0.294 e. The molecule has 1 aromatic carbocycles. The highest BCUT2D eigenvalue weighted by Crippen LogP contribution is 2.34. The van der Waals surface area contributed by atoms with Crippen LogP contribution < -0.4 is 15.0 Å². The predicted molar refractivity (Wildman–Crippen MR) is 112 cm³/mol. The number of nitrogens with zero attached hydrogens (tertiary/aromatic N) is 4. The Labute approximate surface area is 195 Å². The van der Waals surface area contributed by atoms with Gasteiger partial charge in [0.15, 0.2) is 5.69 Å². The molecule has 2 heterocycles. The summed E-state index contributed by atoms with van der Waals surface area (Å²) >= 11 is 5.90. The Hall–Kier alpha value is -3.72. The molecule has 0 bridgehead atoms. The summed E-state index contributed by atoms with van der Waals surface area (Å²) in [6.45, 7) is 1.12. The number of methoxy groups -OCH3 is 1. The van der Waals surface area contributed by atoms with Gasteiger partial charge < -0.3 is 14.5 Å². The minimum absolute atomic E-state index is 0.0321. The number of ether oxygens (including phenoxy) is 2.